The molecule has 10 rings (SSSR count). The average molecular weight is 714 g/mol. The molecule has 0 bridgehead atoms. The van der Waals surface area contributed by atoms with Crippen molar-refractivity contribution < 1.29 is 0 Å². The van der Waals surface area contributed by atoms with Crippen molar-refractivity contribution in [1.29, 1.82) is 0 Å². The molecule has 0 N–H and O–H groups in total. The lowest BCUT2D eigenvalue weighted by molar-refractivity contribution is 0.768. The van der Waals surface area contributed by atoms with Gasteiger partial charge in [0.15, 0.2) is 0 Å². The first-order valence-corrected chi connectivity index (χ1v) is 19.3. The molecule has 0 unspecified atom stereocenters. The highest BCUT2D eigenvalue weighted by Gasteiger charge is 2.45. The Morgan fingerprint density at radius 1 is 0.250 bits per heavy atom. The van der Waals surface area contributed by atoms with Gasteiger partial charge in [0.25, 0.3) is 0 Å². The van der Waals surface area contributed by atoms with E-state index in [9.17, 15) is 0 Å². The van der Waals surface area contributed by atoms with Crippen molar-refractivity contribution in [3.63, 3.8) is 0 Å². The Morgan fingerprint density at radius 2 is 0.643 bits per heavy atom. The molecule has 0 aliphatic heterocycles. The van der Waals surface area contributed by atoms with Crippen LogP contribution in [0.1, 0.15) is 22.3 Å². The fourth-order valence-electron chi connectivity index (χ4n) is 8.79. The van der Waals surface area contributed by atoms with Crippen molar-refractivity contribution in [2.24, 2.45) is 0 Å². The van der Waals surface area contributed by atoms with E-state index in [1.54, 1.807) is 0 Å². The Kier molecular flexibility index (Phi) is 8.46. The van der Waals surface area contributed by atoms with Gasteiger partial charge in [-0.3, -0.25) is 0 Å². The Morgan fingerprint density at radius 3 is 1.23 bits per heavy atom. The van der Waals surface area contributed by atoms with E-state index < -0.39 is 5.41 Å². The first-order chi connectivity index (χ1) is 27.8. The zero-order chi connectivity index (χ0) is 37.3. The smallest absolute Gasteiger partial charge is 0.0713 e. The molecule has 0 atom stereocenters. The van der Waals surface area contributed by atoms with E-state index in [2.05, 4.69) is 241 Å². The third-order valence-corrected chi connectivity index (χ3v) is 11.4. The summed E-state index contributed by atoms with van der Waals surface area (Å²) in [5.74, 6) is 0. The first-order valence-electron chi connectivity index (χ1n) is 19.3. The van der Waals surface area contributed by atoms with Gasteiger partial charge in [-0.25, -0.2) is 0 Å². The summed E-state index contributed by atoms with van der Waals surface area (Å²) in [6, 6.07) is 86.1. The van der Waals surface area contributed by atoms with Gasteiger partial charge in [-0.05, 0) is 109 Å². The maximum absolute atomic E-state index is 2.38. The van der Waals surface area contributed by atoms with E-state index in [-0.39, 0.29) is 0 Å². The molecule has 9 aromatic carbocycles. The summed E-state index contributed by atoms with van der Waals surface area (Å²) in [5, 5.41) is 0. The van der Waals surface area contributed by atoms with Gasteiger partial charge in [0.2, 0.25) is 0 Å². The van der Waals surface area contributed by atoms with Crippen molar-refractivity contribution in [2.45, 2.75) is 5.41 Å². The summed E-state index contributed by atoms with van der Waals surface area (Å²) in [4.78, 5) is 2.38. The fourth-order valence-corrected chi connectivity index (χ4v) is 8.79. The standard InChI is InChI=1S/C55H39N/c1-4-16-40(17-5-1)42-30-34-48(35-31-42)56(50-25-15-22-45(39-50)44-21-14-20-43(38-44)41-18-6-2-7-19-41)49-36-32-47(33-37-49)55(46-23-8-3-9-24-46)53-28-12-10-26-51(53)52-27-11-13-29-54(52)55/h1-39H. The summed E-state index contributed by atoms with van der Waals surface area (Å²) in [6.07, 6.45) is 0. The molecule has 0 radical (unpaired) electrons. The van der Waals surface area contributed by atoms with Gasteiger partial charge in [0.05, 0.1) is 5.41 Å². The SMILES string of the molecule is c1ccc(-c2ccc(N(c3ccc(C4(c5ccccc5)c5ccccc5-c5ccccc54)cc3)c3cccc(-c4cccc(-c5ccccc5)c4)c3)cc2)cc1. The second-order valence-corrected chi connectivity index (χ2v) is 14.5. The Hall–Kier alpha value is -7.22. The van der Waals surface area contributed by atoms with Gasteiger partial charge in [0, 0.05) is 17.1 Å². The van der Waals surface area contributed by atoms with Crippen LogP contribution in [0.3, 0.4) is 0 Å². The Bertz CT molecular complexity index is 2720. The van der Waals surface area contributed by atoms with Crippen LogP contribution in [0, 0.1) is 0 Å². The lowest BCUT2D eigenvalue weighted by Crippen LogP contribution is -2.28. The van der Waals surface area contributed by atoms with Crippen molar-refractivity contribution in [1.82, 2.24) is 0 Å². The summed E-state index contributed by atoms with van der Waals surface area (Å²) in [6.45, 7) is 0. The molecule has 1 heteroatoms. The molecule has 0 saturated carbocycles. The monoisotopic (exact) mass is 713 g/mol. The number of fused-ring (bicyclic) bond motifs is 3. The highest BCUT2D eigenvalue weighted by Crippen LogP contribution is 2.56. The van der Waals surface area contributed by atoms with Crippen molar-refractivity contribution in [2.75, 3.05) is 4.90 Å². The zero-order valence-corrected chi connectivity index (χ0v) is 31.0. The topological polar surface area (TPSA) is 3.24 Å². The van der Waals surface area contributed by atoms with Crippen molar-refractivity contribution in [3.8, 4) is 44.5 Å². The van der Waals surface area contributed by atoms with Gasteiger partial charge >= 0.3 is 0 Å². The number of hydrogen-bond donors (Lipinski definition) is 0. The minimum absolute atomic E-state index is 0.446. The maximum atomic E-state index is 2.38. The maximum Gasteiger partial charge on any atom is 0.0713 e. The summed E-state index contributed by atoms with van der Waals surface area (Å²) in [5.41, 5.74) is 17.8. The molecule has 0 heterocycles. The molecule has 264 valence electrons. The van der Waals surface area contributed by atoms with Crippen molar-refractivity contribution >= 4 is 17.1 Å². The third kappa shape index (κ3) is 5.73. The second-order valence-electron chi connectivity index (χ2n) is 14.5. The molecule has 0 spiro atoms. The van der Waals surface area contributed by atoms with Crippen LogP contribution in [-0.4, -0.2) is 0 Å². The van der Waals surface area contributed by atoms with Crippen LogP contribution in [0.4, 0.5) is 17.1 Å². The first kappa shape index (κ1) is 33.4. The molecule has 1 aliphatic carbocycles. The lowest BCUT2D eigenvalue weighted by Gasteiger charge is -2.34. The van der Waals surface area contributed by atoms with Crippen LogP contribution >= 0.6 is 0 Å². The van der Waals surface area contributed by atoms with E-state index in [1.807, 2.05) is 0 Å². The molecule has 9 aromatic rings. The Balaban J connectivity index is 1.11. The normalized spacial score (nSPS) is 12.4. The summed E-state index contributed by atoms with van der Waals surface area (Å²) in [7, 11) is 0. The largest absolute Gasteiger partial charge is 0.310 e. The number of nitrogens with zero attached hydrogens (tertiary/aromatic N) is 1. The van der Waals surface area contributed by atoms with Gasteiger partial charge in [-0.1, -0.05) is 194 Å². The van der Waals surface area contributed by atoms with E-state index in [0.29, 0.717) is 0 Å². The molecule has 0 saturated heterocycles. The molecular formula is C55H39N. The molecule has 56 heavy (non-hydrogen) atoms. The van der Waals surface area contributed by atoms with Crippen LogP contribution in [0.5, 0.6) is 0 Å². The van der Waals surface area contributed by atoms with Crippen molar-refractivity contribution in [3.05, 3.63) is 259 Å². The minimum atomic E-state index is -0.446. The number of hydrogen-bond acceptors (Lipinski definition) is 1. The fraction of sp³-hybridized carbons (Fsp3) is 0.0182. The van der Waals surface area contributed by atoms with E-state index in [1.165, 1.54) is 66.8 Å². The van der Waals surface area contributed by atoms with Crippen LogP contribution < -0.4 is 4.90 Å². The van der Waals surface area contributed by atoms with Gasteiger partial charge in [-0.15, -0.1) is 0 Å². The number of rotatable bonds is 8. The molecule has 0 aromatic heterocycles. The minimum Gasteiger partial charge on any atom is -0.310 e. The molecule has 0 amide bonds. The predicted molar refractivity (Wildman–Crippen MR) is 235 cm³/mol. The lowest BCUT2D eigenvalue weighted by atomic mass is 9.68. The highest BCUT2D eigenvalue weighted by molar-refractivity contribution is 5.87. The van der Waals surface area contributed by atoms with Gasteiger partial charge < -0.3 is 4.90 Å². The summed E-state index contributed by atoms with van der Waals surface area (Å²) < 4.78 is 0. The summed E-state index contributed by atoms with van der Waals surface area (Å²) >= 11 is 0. The quantitative estimate of drug-likeness (QED) is 0.152. The van der Waals surface area contributed by atoms with Crippen LogP contribution in [0.25, 0.3) is 44.5 Å². The number of anilines is 3. The third-order valence-electron chi connectivity index (χ3n) is 11.4. The second kappa shape index (κ2) is 14.2. The van der Waals surface area contributed by atoms with E-state index in [0.717, 1.165) is 17.1 Å². The van der Waals surface area contributed by atoms with Crippen LogP contribution in [0.15, 0.2) is 237 Å². The predicted octanol–water partition coefficient (Wildman–Crippen LogP) is 14.5. The van der Waals surface area contributed by atoms with Crippen LogP contribution in [0.2, 0.25) is 0 Å². The average Bonchev–Trinajstić information content (AvgIpc) is 3.59. The van der Waals surface area contributed by atoms with Crippen LogP contribution in [-0.2, 0) is 5.41 Å². The van der Waals surface area contributed by atoms with E-state index in [4.69, 9.17) is 0 Å². The molecule has 1 nitrogen and oxygen atoms in total. The number of benzene rings is 9. The van der Waals surface area contributed by atoms with E-state index >= 15 is 0 Å². The zero-order valence-electron chi connectivity index (χ0n) is 31.0. The highest BCUT2D eigenvalue weighted by atomic mass is 15.1. The molecule has 1 aliphatic rings. The molecular weight excluding hydrogens is 675 g/mol. The Labute approximate surface area is 329 Å². The van der Waals surface area contributed by atoms with Gasteiger partial charge in [-0.2, -0.15) is 0 Å². The molecule has 0 fully saturated rings. The van der Waals surface area contributed by atoms with Gasteiger partial charge in [0.1, 0.15) is 0 Å².